The van der Waals surface area contributed by atoms with Gasteiger partial charge in [-0.1, -0.05) is 62.4 Å². The van der Waals surface area contributed by atoms with Crippen molar-refractivity contribution in [3.8, 4) is 0 Å². The van der Waals surface area contributed by atoms with E-state index in [0.717, 1.165) is 10.9 Å². The number of primary amides is 1. The summed E-state index contributed by atoms with van der Waals surface area (Å²) in [5.74, 6) is 1.56. The number of ether oxygens (including phenoxy) is 1. The third kappa shape index (κ3) is 15.2. The fraction of sp³-hybridized carbons (Fsp3) is 0.522. The first-order valence-corrected chi connectivity index (χ1v) is 23.5. The standard InChI is InChI=1S/C46H66N10O9S/c1-27(2)23-37(42(61)50-33(20-22-66-7)40(59)54-48)56-21-19-34(44(56)63)51-41(60)36(24-28-13-9-8-10-14-28)55(6)43(62)35(25-29-26-49-31-16-12-11-15-30(29)31)52-39(58)32(17-18-38(47)57)53-45(64)65-46(3,4)5/h8-16,26-27,32-37,49H,17-25,48H2,1-7H3,(H2,47,57)(H,50,61)(H,51,60)(H,52,58)(H,53,64)(H,54,59)/t32-,33-,34+,35+,36-,37+/m0/s1. The second-order valence-corrected chi connectivity index (χ2v) is 18.8. The van der Waals surface area contributed by atoms with Gasteiger partial charge >= 0.3 is 6.09 Å². The molecule has 66 heavy (non-hydrogen) atoms. The average Bonchev–Trinajstić information content (AvgIpc) is 3.84. The summed E-state index contributed by atoms with van der Waals surface area (Å²) in [6.45, 7) is 8.90. The van der Waals surface area contributed by atoms with Gasteiger partial charge in [-0.05, 0) is 81.6 Å². The van der Waals surface area contributed by atoms with Gasteiger partial charge in [-0.25, -0.2) is 10.6 Å². The number of aromatic nitrogens is 1. The number of likely N-dealkylation sites (N-methyl/N-ethyl adjacent to an activating group) is 1. The Kier molecular flexibility index (Phi) is 19.4. The van der Waals surface area contributed by atoms with Crippen LogP contribution in [0.15, 0.2) is 60.8 Å². The minimum atomic E-state index is -1.34. The molecule has 19 nitrogen and oxygen atoms in total. The molecule has 1 aromatic heterocycles. The SMILES string of the molecule is CSCC[C@H](NC(=O)[C@@H](CC(C)C)N1CC[C@@H](NC(=O)[C@H](Cc2ccccc2)N(C)C(=O)[C@@H](Cc2c[nH]c3ccccc23)NC(=O)[C@H](CCC(N)=O)NC(=O)OC(C)(C)C)C1=O)C(=O)NN. The van der Waals surface area contributed by atoms with Crippen molar-refractivity contribution in [2.45, 2.75) is 121 Å². The van der Waals surface area contributed by atoms with Crippen LogP contribution in [0, 0.1) is 5.92 Å². The summed E-state index contributed by atoms with van der Waals surface area (Å²) in [4.78, 5) is 115. The van der Waals surface area contributed by atoms with Gasteiger partial charge in [-0.2, -0.15) is 11.8 Å². The van der Waals surface area contributed by atoms with Crippen molar-refractivity contribution in [2.75, 3.05) is 25.6 Å². The molecule has 20 heteroatoms. The van der Waals surface area contributed by atoms with Crippen LogP contribution in [0.1, 0.15) is 77.8 Å². The predicted molar refractivity (Wildman–Crippen MR) is 251 cm³/mol. The van der Waals surface area contributed by atoms with Gasteiger partial charge in [-0.15, -0.1) is 0 Å². The Hall–Kier alpha value is -6.15. The van der Waals surface area contributed by atoms with E-state index in [-0.39, 0.29) is 51.0 Å². The number of nitrogens with zero attached hydrogens (tertiary/aromatic N) is 2. The molecular weight excluding hydrogens is 869 g/mol. The molecule has 360 valence electrons. The fourth-order valence-electron chi connectivity index (χ4n) is 7.75. The van der Waals surface area contributed by atoms with Crippen LogP contribution in [-0.4, -0.2) is 130 Å². The lowest BCUT2D eigenvalue weighted by Crippen LogP contribution is -2.59. The monoisotopic (exact) mass is 934 g/mol. The zero-order chi connectivity index (χ0) is 48.7. The molecule has 6 atom stereocenters. The molecule has 0 aliphatic carbocycles. The summed E-state index contributed by atoms with van der Waals surface area (Å²) in [5.41, 5.74) is 8.77. The molecule has 2 aromatic carbocycles. The first kappa shape index (κ1) is 52.5. The third-order valence-corrected chi connectivity index (χ3v) is 11.7. The summed E-state index contributed by atoms with van der Waals surface area (Å²) in [6, 6.07) is 9.60. The van der Waals surface area contributed by atoms with Crippen LogP contribution in [0.25, 0.3) is 10.9 Å². The number of fused-ring (bicyclic) bond motifs is 1. The van der Waals surface area contributed by atoms with E-state index in [1.165, 1.54) is 28.6 Å². The fourth-order valence-corrected chi connectivity index (χ4v) is 8.22. The van der Waals surface area contributed by atoms with E-state index in [0.29, 0.717) is 23.3 Å². The number of nitrogens with one attached hydrogen (secondary N) is 6. The number of benzene rings is 2. The summed E-state index contributed by atoms with van der Waals surface area (Å²) in [7, 11) is 1.43. The first-order chi connectivity index (χ1) is 31.2. The smallest absolute Gasteiger partial charge is 0.408 e. The van der Waals surface area contributed by atoms with Crippen LogP contribution in [-0.2, 0) is 51.1 Å². The average molecular weight is 935 g/mol. The number of alkyl carbamates (subject to hydrolysis) is 1. The zero-order valence-corrected chi connectivity index (χ0v) is 39.6. The molecule has 1 aliphatic rings. The summed E-state index contributed by atoms with van der Waals surface area (Å²) in [5, 5.41) is 11.7. The molecule has 4 rings (SSSR count). The van der Waals surface area contributed by atoms with E-state index in [2.05, 4.69) is 31.7 Å². The van der Waals surface area contributed by atoms with Gasteiger partial charge in [0, 0.05) is 50.0 Å². The lowest BCUT2D eigenvalue weighted by atomic mass is 9.99. The van der Waals surface area contributed by atoms with Crippen molar-refractivity contribution in [2.24, 2.45) is 17.5 Å². The van der Waals surface area contributed by atoms with Crippen molar-refractivity contribution in [1.82, 2.24) is 41.5 Å². The second kappa shape index (κ2) is 24.4. The maximum absolute atomic E-state index is 14.9. The van der Waals surface area contributed by atoms with Crippen molar-refractivity contribution < 1.29 is 43.1 Å². The van der Waals surface area contributed by atoms with Gasteiger partial charge in [0.2, 0.25) is 35.4 Å². The van der Waals surface area contributed by atoms with Crippen LogP contribution >= 0.6 is 11.8 Å². The number of hydrogen-bond donors (Lipinski definition) is 8. The number of aromatic amines is 1. The molecule has 0 bridgehead atoms. The summed E-state index contributed by atoms with van der Waals surface area (Å²) >= 11 is 1.50. The molecule has 1 saturated heterocycles. The number of carbonyl (C=O) groups excluding carboxylic acids is 8. The normalized spacial score (nSPS) is 16.1. The number of amides is 8. The van der Waals surface area contributed by atoms with E-state index in [1.54, 1.807) is 51.2 Å². The minimum absolute atomic E-state index is 0.0192. The number of thioether (sulfide) groups is 1. The van der Waals surface area contributed by atoms with Gasteiger partial charge in [0.25, 0.3) is 5.91 Å². The molecule has 2 heterocycles. The predicted octanol–water partition coefficient (Wildman–Crippen LogP) is 1.78. The Morgan fingerprint density at radius 3 is 2.17 bits per heavy atom. The number of hydrogen-bond acceptors (Lipinski definition) is 11. The number of hydrazine groups is 1. The van der Waals surface area contributed by atoms with Crippen LogP contribution in [0.5, 0.6) is 0 Å². The van der Waals surface area contributed by atoms with Crippen molar-refractivity contribution in [3.05, 3.63) is 71.9 Å². The van der Waals surface area contributed by atoms with E-state index in [1.807, 2.05) is 50.4 Å². The van der Waals surface area contributed by atoms with Crippen LogP contribution in [0.4, 0.5) is 4.79 Å². The quantitative estimate of drug-likeness (QED) is 0.0386. The van der Waals surface area contributed by atoms with Gasteiger partial charge < -0.3 is 46.5 Å². The Balaban J connectivity index is 1.65. The van der Waals surface area contributed by atoms with E-state index >= 15 is 0 Å². The second-order valence-electron chi connectivity index (χ2n) is 17.9. The summed E-state index contributed by atoms with van der Waals surface area (Å²) < 4.78 is 5.38. The molecule has 0 spiro atoms. The number of likely N-dealkylation sites (tertiary alicyclic amines) is 1. The van der Waals surface area contributed by atoms with Gasteiger partial charge in [0.1, 0.15) is 41.9 Å². The number of nitrogens with two attached hydrogens (primary N) is 2. The Morgan fingerprint density at radius 2 is 1.53 bits per heavy atom. The van der Waals surface area contributed by atoms with E-state index in [4.69, 9.17) is 16.3 Å². The number of carbonyl (C=O) groups is 8. The molecular formula is C46H66N10O9S. The van der Waals surface area contributed by atoms with Gasteiger partial charge in [0.05, 0.1) is 0 Å². The molecule has 8 amide bonds. The molecule has 10 N–H and O–H groups in total. The van der Waals surface area contributed by atoms with Gasteiger partial charge in [0.15, 0.2) is 0 Å². The van der Waals surface area contributed by atoms with Crippen LogP contribution < -0.4 is 38.3 Å². The highest BCUT2D eigenvalue weighted by molar-refractivity contribution is 7.98. The first-order valence-electron chi connectivity index (χ1n) is 22.1. The number of rotatable bonds is 23. The maximum atomic E-state index is 14.9. The van der Waals surface area contributed by atoms with E-state index in [9.17, 15) is 38.4 Å². The lowest BCUT2D eigenvalue weighted by Gasteiger charge is -2.33. The molecule has 0 unspecified atom stereocenters. The van der Waals surface area contributed by atoms with Crippen molar-refractivity contribution >= 4 is 70.1 Å². The van der Waals surface area contributed by atoms with E-state index < -0.39 is 89.3 Å². The minimum Gasteiger partial charge on any atom is -0.444 e. The topological polar surface area (TPSA) is 280 Å². The summed E-state index contributed by atoms with van der Waals surface area (Å²) in [6.07, 6.45) is 2.94. The third-order valence-electron chi connectivity index (χ3n) is 11.1. The zero-order valence-electron chi connectivity index (χ0n) is 38.8. The number of H-pyrrole nitrogens is 1. The molecule has 1 aliphatic heterocycles. The molecule has 3 aromatic rings. The Labute approximate surface area is 389 Å². The highest BCUT2D eigenvalue weighted by Crippen LogP contribution is 2.23. The van der Waals surface area contributed by atoms with Gasteiger partial charge in [-0.3, -0.25) is 39.0 Å². The van der Waals surface area contributed by atoms with Crippen molar-refractivity contribution in [1.29, 1.82) is 0 Å². The highest BCUT2D eigenvalue weighted by atomic mass is 32.2. The highest BCUT2D eigenvalue weighted by Gasteiger charge is 2.42. The lowest BCUT2D eigenvalue weighted by molar-refractivity contribution is -0.144. The number of para-hydroxylation sites is 1. The Morgan fingerprint density at radius 1 is 0.879 bits per heavy atom. The van der Waals surface area contributed by atoms with Crippen LogP contribution in [0.2, 0.25) is 0 Å². The Bertz CT molecular complexity index is 2180. The largest absolute Gasteiger partial charge is 0.444 e. The molecule has 1 fully saturated rings. The van der Waals surface area contributed by atoms with Crippen molar-refractivity contribution in [3.63, 3.8) is 0 Å². The van der Waals surface area contributed by atoms with Crippen LogP contribution in [0.3, 0.4) is 0 Å². The molecule has 0 saturated carbocycles. The maximum Gasteiger partial charge on any atom is 0.408 e. The molecule has 0 radical (unpaired) electrons.